The smallest absolute Gasteiger partial charge is 0.160 e. The lowest BCUT2D eigenvalue weighted by atomic mass is 9.73. The second-order valence-electron chi connectivity index (χ2n) is 13.7. The van der Waals surface area contributed by atoms with Gasteiger partial charge in [0.05, 0.1) is 16.8 Å². The SMILES string of the molecule is c1ccc(-c2ccc(-c3cc(-c4ccc5c(c4)C4(c6ccccc6-c6ccccc64)c4sc6ccccc6c4-5)nc(-c4ccccc4)n3)cc2)cc1. The highest BCUT2D eigenvalue weighted by atomic mass is 32.1. The molecule has 0 N–H and O–H groups in total. The molecule has 0 aliphatic heterocycles. The van der Waals surface area contributed by atoms with Gasteiger partial charge in [0, 0.05) is 37.2 Å². The summed E-state index contributed by atoms with van der Waals surface area (Å²) in [4.78, 5) is 11.8. The first kappa shape index (κ1) is 29.3. The van der Waals surface area contributed by atoms with Gasteiger partial charge in [-0.2, -0.15) is 0 Å². The molecule has 2 aromatic heterocycles. The van der Waals surface area contributed by atoms with Gasteiger partial charge in [0.1, 0.15) is 0 Å². The molecule has 242 valence electrons. The summed E-state index contributed by atoms with van der Waals surface area (Å²) in [5, 5.41) is 1.32. The van der Waals surface area contributed by atoms with Crippen molar-refractivity contribution >= 4 is 21.4 Å². The summed E-state index contributed by atoms with van der Waals surface area (Å²) in [5.41, 5.74) is 16.2. The van der Waals surface area contributed by atoms with Crippen LogP contribution in [-0.4, -0.2) is 9.97 Å². The highest BCUT2D eigenvalue weighted by molar-refractivity contribution is 7.20. The molecule has 3 heteroatoms. The molecule has 0 unspecified atom stereocenters. The Morgan fingerprint density at radius 3 is 1.63 bits per heavy atom. The third kappa shape index (κ3) is 4.17. The van der Waals surface area contributed by atoms with Crippen LogP contribution in [0.25, 0.3) is 77.4 Å². The number of benzene rings is 7. The number of aromatic nitrogens is 2. The highest BCUT2D eigenvalue weighted by Gasteiger charge is 2.53. The molecule has 1 spiro atoms. The van der Waals surface area contributed by atoms with Crippen molar-refractivity contribution in [3.63, 3.8) is 0 Å². The van der Waals surface area contributed by atoms with Gasteiger partial charge in [0.25, 0.3) is 0 Å². The maximum Gasteiger partial charge on any atom is 0.160 e. The molecule has 2 aliphatic rings. The zero-order valence-corrected chi connectivity index (χ0v) is 28.9. The maximum absolute atomic E-state index is 5.27. The molecule has 0 radical (unpaired) electrons. The van der Waals surface area contributed by atoms with Gasteiger partial charge in [-0.1, -0.05) is 164 Å². The summed E-state index contributed by atoms with van der Waals surface area (Å²) in [6.45, 7) is 0. The molecule has 2 aliphatic carbocycles. The Morgan fingerprint density at radius 2 is 0.923 bits per heavy atom. The van der Waals surface area contributed by atoms with E-state index in [0.717, 1.165) is 33.9 Å². The van der Waals surface area contributed by atoms with Crippen molar-refractivity contribution in [2.45, 2.75) is 5.41 Å². The Kier molecular flexibility index (Phi) is 6.37. The Bertz CT molecular complexity index is 2790. The second-order valence-corrected chi connectivity index (χ2v) is 14.7. The minimum absolute atomic E-state index is 0.414. The molecule has 0 fully saturated rings. The predicted octanol–water partition coefficient (Wildman–Crippen LogP) is 12.7. The van der Waals surface area contributed by atoms with E-state index >= 15 is 0 Å². The molecule has 9 aromatic rings. The fourth-order valence-electron chi connectivity index (χ4n) is 8.62. The molecule has 2 heterocycles. The minimum Gasteiger partial charge on any atom is -0.228 e. The summed E-state index contributed by atoms with van der Waals surface area (Å²) in [7, 11) is 0. The molecule has 0 saturated carbocycles. The maximum atomic E-state index is 5.27. The van der Waals surface area contributed by atoms with Gasteiger partial charge in [0.2, 0.25) is 0 Å². The standard InChI is InChI=1S/C49H30N2S/c1-3-13-31(14-4-1)32-23-25-33(26-24-32)43-30-44(51-48(50-43)34-15-5-2-6-16-34)35-27-28-38-42(29-35)49(47-46(38)39-19-9-12-22-45(39)52-47)40-20-10-7-17-36(40)37-18-8-11-21-41(37)49/h1-30H. The van der Waals surface area contributed by atoms with Gasteiger partial charge in [-0.15, -0.1) is 11.3 Å². The molecule has 0 amide bonds. The highest BCUT2D eigenvalue weighted by Crippen LogP contribution is 2.66. The lowest BCUT2D eigenvalue weighted by Gasteiger charge is -2.29. The van der Waals surface area contributed by atoms with E-state index in [1.165, 1.54) is 65.0 Å². The van der Waals surface area contributed by atoms with Gasteiger partial charge in [-0.25, -0.2) is 9.97 Å². The van der Waals surface area contributed by atoms with E-state index < -0.39 is 5.41 Å². The number of hydrogen-bond acceptors (Lipinski definition) is 3. The fourth-order valence-corrected chi connectivity index (χ4v) is 10.1. The van der Waals surface area contributed by atoms with Crippen molar-refractivity contribution in [1.82, 2.24) is 9.97 Å². The van der Waals surface area contributed by atoms with Crippen molar-refractivity contribution < 1.29 is 0 Å². The summed E-state index contributed by atoms with van der Waals surface area (Å²) in [5.74, 6) is 0.720. The van der Waals surface area contributed by atoms with Crippen LogP contribution in [0.5, 0.6) is 0 Å². The van der Waals surface area contributed by atoms with Crippen LogP contribution in [0.1, 0.15) is 21.6 Å². The normalized spacial score (nSPS) is 13.2. The van der Waals surface area contributed by atoms with E-state index in [2.05, 4.69) is 176 Å². The summed E-state index contributed by atoms with van der Waals surface area (Å²) in [6, 6.07) is 65.7. The third-order valence-corrected chi connectivity index (χ3v) is 12.2. The first-order valence-electron chi connectivity index (χ1n) is 17.7. The van der Waals surface area contributed by atoms with E-state index in [9.17, 15) is 0 Å². The van der Waals surface area contributed by atoms with Crippen LogP contribution in [0.3, 0.4) is 0 Å². The van der Waals surface area contributed by atoms with Gasteiger partial charge >= 0.3 is 0 Å². The zero-order chi connectivity index (χ0) is 34.2. The largest absolute Gasteiger partial charge is 0.228 e. The van der Waals surface area contributed by atoms with E-state index in [4.69, 9.17) is 9.97 Å². The van der Waals surface area contributed by atoms with E-state index in [0.29, 0.717) is 0 Å². The Morgan fingerprint density at radius 1 is 0.385 bits per heavy atom. The van der Waals surface area contributed by atoms with Gasteiger partial charge in [0.15, 0.2) is 5.82 Å². The topological polar surface area (TPSA) is 25.8 Å². The fraction of sp³-hybridized carbons (Fsp3) is 0.0204. The first-order valence-corrected chi connectivity index (χ1v) is 18.6. The van der Waals surface area contributed by atoms with Crippen molar-refractivity contribution in [3.8, 4) is 67.3 Å². The average Bonchev–Trinajstić information content (AvgIpc) is 3.85. The van der Waals surface area contributed by atoms with Crippen LogP contribution >= 0.6 is 11.3 Å². The average molecular weight is 679 g/mol. The minimum atomic E-state index is -0.414. The summed E-state index contributed by atoms with van der Waals surface area (Å²) < 4.78 is 1.33. The van der Waals surface area contributed by atoms with Gasteiger partial charge in [-0.3, -0.25) is 0 Å². The molecular formula is C49H30N2S. The molecule has 0 atom stereocenters. The molecular weight excluding hydrogens is 649 g/mol. The van der Waals surface area contributed by atoms with Crippen molar-refractivity contribution in [1.29, 1.82) is 0 Å². The summed E-state index contributed by atoms with van der Waals surface area (Å²) >= 11 is 1.94. The zero-order valence-electron chi connectivity index (χ0n) is 28.1. The predicted molar refractivity (Wildman–Crippen MR) is 215 cm³/mol. The molecule has 7 aromatic carbocycles. The number of nitrogens with zero attached hydrogens (tertiary/aromatic N) is 2. The quantitative estimate of drug-likeness (QED) is 0.185. The molecule has 52 heavy (non-hydrogen) atoms. The molecule has 0 saturated heterocycles. The lowest BCUT2D eigenvalue weighted by molar-refractivity contribution is 0.812. The van der Waals surface area contributed by atoms with Gasteiger partial charge in [-0.05, 0) is 62.7 Å². The monoisotopic (exact) mass is 678 g/mol. The number of thiophene rings is 1. The van der Waals surface area contributed by atoms with Crippen molar-refractivity contribution in [2.24, 2.45) is 0 Å². The molecule has 11 rings (SSSR count). The van der Waals surface area contributed by atoms with Crippen LogP contribution in [0.4, 0.5) is 0 Å². The molecule has 0 bridgehead atoms. The van der Waals surface area contributed by atoms with Gasteiger partial charge < -0.3 is 0 Å². The number of fused-ring (bicyclic) bond motifs is 12. The second kappa shape index (κ2) is 11.3. The number of rotatable bonds is 4. The van der Waals surface area contributed by atoms with Crippen LogP contribution in [-0.2, 0) is 5.41 Å². The first-order chi connectivity index (χ1) is 25.8. The van der Waals surface area contributed by atoms with Crippen LogP contribution in [0, 0.1) is 0 Å². The van der Waals surface area contributed by atoms with Crippen LogP contribution in [0.15, 0.2) is 182 Å². The Labute approximate surface area is 306 Å². The van der Waals surface area contributed by atoms with E-state index in [1.54, 1.807) is 0 Å². The van der Waals surface area contributed by atoms with E-state index in [1.807, 2.05) is 17.4 Å². The van der Waals surface area contributed by atoms with E-state index in [-0.39, 0.29) is 0 Å². The van der Waals surface area contributed by atoms with Crippen molar-refractivity contribution in [2.75, 3.05) is 0 Å². The number of hydrogen-bond donors (Lipinski definition) is 0. The molecule has 2 nitrogen and oxygen atoms in total. The van der Waals surface area contributed by atoms with Crippen LogP contribution < -0.4 is 0 Å². The van der Waals surface area contributed by atoms with Crippen LogP contribution in [0.2, 0.25) is 0 Å². The van der Waals surface area contributed by atoms with Crippen molar-refractivity contribution in [3.05, 3.63) is 204 Å². The lowest BCUT2D eigenvalue weighted by Crippen LogP contribution is -2.25. The third-order valence-electron chi connectivity index (χ3n) is 10.9. The summed E-state index contributed by atoms with van der Waals surface area (Å²) in [6.07, 6.45) is 0. The Balaban J connectivity index is 1.15. The Hall–Kier alpha value is -6.42.